The molecule has 0 aliphatic heterocycles. The summed E-state index contributed by atoms with van der Waals surface area (Å²) in [6.45, 7) is 1.76. The van der Waals surface area contributed by atoms with Crippen molar-refractivity contribution in [1.82, 2.24) is 20.4 Å². The third-order valence-electron chi connectivity index (χ3n) is 3.67. The van der Waals surface area contributed by atoms with E-state index in [0.29, 0.717) is 23.6 Å². The number of guanidine groups is 1. The predicted octanol–water partition coefficient (Wildman–Crippen LogP) is 1.32. The quantitative estimate of drug-likeness (QED) is 0.409. The van der Waals surface area contributed by atoms with E-state index in [2.05, 4.69) is 20.7 Å². The van der Waals surface area contributed by atoms with Gasteiger partial charge in [-0.1, -0.05) is 6.07 Å². The van der Waals surface area contributed by atoms with Crippen LogP contribution >= 0.6 is 0 Å². The molecular formula is C17H24FN5O2S. The van der Waals surface area contributed by atoms with Crippen LogP contribution in [0.4, 0.5) is 4.39 Å². The first-order valence-corrected chi connectivity index (χ1v) is 10.3. The summed E-state index contributed by atoms with van der Waals surface area (Å²) in [7, 11) is -1.56. The van der Waals surface area contributed by atoms with Gasteiger partial charge in [0.05, 0.1) is 5.75 Å². The average molecular weight is 381 g/mol. The first-order valence-electron chi connectivity index (χ1n) is 8.24. The van der Waals surface area contributed by atoms with Gasteiger partial charge in [-0.3, -0.25) is 9.67 Å². The number of halogens is 1. The lowest BCUT2D eigenvalue weighted by Gasteiger charge is -2.14. The van der Waals surface area contributed by atoms with Gasteiger partial charge in [-0.2, -0.15) is 5.10 Å². The van der Waals surface area contributed by atoms with Gasteiger partial charge in [-0.15, -0.1) is 0 Å². The van der Waals surface area contributed by atoms with Crippen LogP contribution < -0.4 is 10.6 Å². The normalized spacial score (nSPS) is 12.2. The summed E-state index contributed by atoms with van der Waals surface area (Å²) in [6, 6.07) is 6.00. The van der Waals surface area contributed by atoms with E-state index in [1.807, 2.05) is 16.9 Å². The van der Waals surface area contributed by atoms with Crippen LogP contribution in [0.1, 0.15) is 17.5 Å². The number of hydrogen-bond donors (Lipinski definition) is 2. The molecule has 0 atom stereocenters. The molecule has 26 heavy (non-hydrogen) atoms. The molecule has 142 valence electrons. The molecule has 1 heterocycles. The second-order valence-corrected chi connectivity index (χ2v) is 8.10. The fourth-order valence-electron chi connectivity index (χ4n) is 2.46. The Hall–Kier alpha value is -2.42. The number of nitrogens with one attached hydrogen (secondary N) is 2. The van der Waals surface area contributed by atoms with Crippen LogP contribution in [0.2, 0.25) is 0 Å². The zero-order valence-electron chi connectivity index (χ0n) is 14.9. The molecule has 0 aliphatic carbocycles. The van der Waals surface area contributed by atoms with Gasteiger partial charge in [0.25, 0.3) is 0 Å². The maximum Gasteiger partial charge on any atom is 0.191 e. The van der Waals surface area contributed by atoms with Gasteiger partial charge in [0.2, 0.25) is 0 Å². The lowest BCUT2D eigenvalue weighted by molar-refractivity contribution is 0.570. The van der Waals surface area contributed by atoms with E-state index >= 15 is 0 Å². The average Bonchev–Trinajstić information content (AvgIpc) is 3.08. The van der Waals surface area contributed by atoms with E-state index < -0.39 is 15.7 Å². The molecular weight excluding hydrogens is 357 g/mol. The van der Waals surface area contributed by atoms with Crippen molar-refractivity contribution in [2.24, 2.45) is 4.99 Å². The van der Waals surface area contributed by atoms with E-state index in [-0.39, 0.29) is 12.3 Å². The van der Waals surface area contributed by atoms with E-state index in [1.165, 1.54) is 18.2 Å². The number of rotatable bonds is 8. The van der Waals surface area contributed by atoms with Crippen molar-refractivity contribution in [1.29, 1.82) is 0 Å². The van der Waals surface area contributed by atoms with Crippen LogP contribution in [0.25, 0.3) is 0 Å². The Kier molecular flexibility index (Phi) is 7.14. The number of hydrogen-bond acceptors (Lipinski definition) is 4. The molecule has 0 saturated heterocycles. The van der Waals surface area contributed by atoms with Crippen LogP contribution in [-0.2, 0) is 28.7 Å². The summed E-state index contributed by atoms with van der Waals surface area (Å²) in [5.41, 5.74) is 1.17. The molecule has 0 saturated carbocycles. The summed E-state index contributed by atoms with van der Waals surface area (Å²) in [6.07, 6.45) is 5.66. The van der Waals surface area contributed by atoms with Crippen molar-refractivity contribution in [3.05, 3.63) is 53.6 Å². The molecule has 7 nitrogen and oxygen atoms in total. The van der Waals surface area contributed by atoms with Gasteiger partial charge in [0, 0.05) is 45.3 Å². The van der Waals surface area contributed by atoms with E-state index in [0.717, 1.165) is 19.2 Å². The Morgan fingerprint density at radius 3 is 2.77 bits per heavy atom. The van der Waals surface area contributed by atoms with E-state index in [9.17, 15) is 12.8 Å². The molecule has 0 amide bonds. The van der Waals surface area contributed by atoms with E-state index in [1.54, 1.807) is 13.2 Å². The van der Waals surface area contributed by atoms with Crippen molar-refractivity contribution in [3.63, 3.8) is 0 Å². The monoisotopic (exact) mass is 381 g/mol. The Morgan fingerprint density at radius 2 is 2.12 bits per heavy atom. The number of aliphatic imine (C=N–C) groups is 1. The SMILES string of the molecule is CN=C(NCCCn1cccn1)NCc1cc(F)ccc1CS(C)(=O)=O. The van der Waals surface area contributed by atoms with E-state index in [4.69, 9.17) is 0 Å². The van der Waals surface area contributed by atoms with Gasteiger partial charge >= 0.3 is 0 Å². The highest BCUT2D eigenvalue weighted by molar-refractivity contribution is 7.89. The lowest BCUT2D eigenvalue weighted by Crippen LogP contribution is -2.37. The summed E-state index contributed by atoms with van der Waals surface area (Å²) in [5, 5.41) is 10.4. The molecule has 2 rings (SSSR count). The number of sulfone groups is 1. The van der Waals surface area contributed by atoms with Gasteiger partial charge in [-0.05, 0) is 35.7 Å². The second-order valence-electron chi connectivity index (χ2n) is 5.96. The summed E-state index contributed by atoms with van der Waals surface area (Å²) in [4.78, 5) is 4.12. The van der Waals surface area contributed by atoms with Crippen LogP contribution in [0.15, 0.2) is 41.7 Å². The third-order valence-corrected chi connectivity index (χ3v) is 4.51. The van der Waals surface area contributed by atoms with Crippen molar-refractivity contribution in [2.75, 3.05) is 19.8 Å². The highest BCUT2D eigenvalue weighted by atomic mass is 32.2. The smallest absolute Gasteiger partial charge is 0.191 e. The molecule has 0 aliphatic rings. The Balaban J connectivity index is 1.88. The predicted molar refractivity (Wildman–Crippen MR) is 100.0 cm³/mol. The Bertz CT molecular complexity index is 835. The zero-order chi connectivity index (χ0) is 19.0. The van der Waals surface area contributed by atoms with Crippen molar-refractivity contribution < 1.29 is 12.8 Å². The van der Waals surface area contributed by atoms with Gasteiger partial charge < -0.3 is 10.6 Å². The van der Waals surface area contributed by atoms with Crippen LogP contribution in [0.3, 0.4) is 0 Å². The highest BCUT2D eigenvalue weighted by Crippen LogP contribution is 2.14. The Labute approximate surface area is 153 Å². The summed E-state index contributed by atoms with van der Waals surface area (Å²) < 4.78 is 38.5. The fourth-order valence-corrected chi connectivity index (χ4v) is 3.31. The molecule has 0 spiro atoms. The first-order chi connectivity index (χ1) is 12.4. The molecule has 2 aromatic rings. The van der Waals surface area contributed by atoms with Crippen molar-refractivity contribution in [2.45, 2.75) is 25.3 Å². The standard InChI is InChI=1S/C17H24FN5O2S/c1-19-17(20-7-3-9-23-10-4-8-22-23)21-12-15-11-16(18)6-5-14(15)13-26(2,24)25/h4-6,8,10-11H,3,7,9,12-13H2,1-2H3,(H2,19,20,21). The molecule has 0 fully saturated rings. The van der Waals surface area contributed by atoms with Gasteiger partial charge in [-0.25, -0.2) is 12.8 Å². The number of nitrogens with zero attached hydrogens (tertiary/aromatic N) is 3. The zero-order valence-corrected chi connectivity index (χ0v) is 15.8. The van der Waals surface area contributed by atoms with Crippen LogP contribution in [0, 0.1) is 5.82 Å². The van der Waals surface area contributed by atoms with Crippen molar-refractivity contribution in [3.8, 4) is 0 Å². The first kappa shape index (κ1) is 19.9. The number of benzene rings is 1. The molecule has 0 radical (unpaired) electrons. The molecule has 2 N–H and O–H groups in total. The van der Waals surface area contributed by atoms with Crippen LogP contribution in [-0.4, -0.2) is 44.0 Å². The minimum Gasteiger partial charge on any atom is -0.356 e. The minimum atomic E-state index is -3.20. The summed E-state index contributed by atoms with van der Waals surface area (Å²) in [5.74, 6) is 0.0430. The number of aryl methyl sites for hydroxylation is 1. The molecule has 0 unspecified atom stereocenters. The Morgan fingerprint density at radius 1 is 1.31 bits per heavy atom. The minimum absolute atomic E-state index is 0.125. The van der Waals surface area contributed by atoms with Gasteiger partial charge in [0.15, 0.2) is 15.8 Å². The highest BCUT2D eigenvalue weighted by Gasteiger charge is 2.11. The second kappa shape index (κ2) is 9.33. The van der Waals surface area contributed by atoms with Crippen LogP contribution in [0.5, 0.6) is 0 Å². The largest absolute Gasteiger partial charge is 0.356 e. The molecule has 1 aromatic carbocycles. The fraction of sp³-hybridized carbons (Fsp3) is 0.412. The van der Waals surface area contributed by atoms with Gasteiger partial charge in [0.1, 0.15) is 5.82 Å². The topological polar surface area (TPSA) is 88.4 Å². The molecule has 9 heteroatoms. The van der Waals surface area contributed by atoms with Crippen molar-refractivity contribution >= 4 is 15.8 Å². The molecule has 0 bridgehead atoms. The number of aromatic nitrogens is 2. The summed E-state index contributed by atoms with van der Waals surface area (Å²) >= 11 is 0. The third kappa shape index (κ3) is 6.83. The molecule has 1 aromatic heterocycles. The lowest BCUT2D eigenvalue weighted by atomic mass is 10.1. The maximum atomic E-state index is 13.5. The maximum absolute atomic E-state index is 13.5.